The third kappa shape index (κ3) is 3.37. The van der Waals surface area contributed by atoms with Crippen LogP contribution in [-0.4, -0.2) is 40.6 Å². The molecule has 2 aromatic heterocycles. The number of anilines is 1. The lowest BCUT2D eigenvalue weighted by Gasteiger charge is -2.31. The number of aromatic nitrogens is 2. The fraction of sp³-hybridized carbons (Fsp3) is 0.357. The number of thiazole rings is 1. The molecule has 1 aliphatic rings. The van der Waals surface area contributed by atoms with Crippen molar-refractivity contribution in [2.75, 3.05) is 25.0 Å². The molecule has 6 nitrogen and oxygen atoms in total. The van der Waals surface area contributed by atoms with Gasteiger partial charge in [-0.15, -0.1) is 11.3 Å². The van der Waals surface area contributed by atoms with Gasteiger partial charge in [0.05, 0.1) is 13.2 Å². The molecule has 0 unspecified atom stereocenters. The highest BCUT2D eigenvalue weighted by molar-refractivity contribution is 7.09. The molecule has 3 rings (SSSR count). The van der Waals surface area contributed by atoms with E-state index in [1.165, 1.54) is 0 Å². The number of carbonyl (C=O) groups is 1. The van der Waals surface area contributed by atoms with Crippen molar-refractivity contribution < 1.29 is 9.53 Å². The Labute approximate surface area is 126 Å². The van der Waals surface area contributed by atoms with E-state index in [0.717, 1.165) is 10.7 Å². The monoisotopic (exact) mass is 304 g/mol. The number of nitrogens with one attached hydrogen (secondary N) is 1. The van der Waals surface area contributed by atoms with E-state index < -0.39 is 0 Å². The average molecular weight is 304 g/mol. The SMILES string of the molecule is Cc1cccc(NC(=O)N2CCO[C@@H](c3nccs3)C2)n1. The van der Waals surface area contributed by atoms with E-state index in [1.807, 2.05) is 24.4 Å². The largest absolute Gasteiger partial charge is 0.367 e. The number of hydrogen-bond donors (Lipinski definition) is 1. The van der Waals surface area contributed by atoms with Gasteiger partial charge in [-0.05, 0) is 19.1 Å². The van der Waals surface area contributed by atoms with Crippen LogP contribution in [0.1, 0.15) is 16.8 Å². The Morgan fingerprint density at radius 2 is 2.43 bits per heavy atom. The van der Waals surface area contributed by atoms with E-state index in [2.05, 4.69) is 15.3 Å². The molecule has 7 heteroatoms. The number of morpholine rings is 1. The predicted octanol–water partition coefficient (Wildman–Crippen LogP) is 2.45. The summed E-state index contributed by atoms with van der Waals surface area (Å²) in [5.41, 5.74) is 0.871. The average Bonchev–Trinajstić information content (AvgIpc) is 3.02. The number of amides is 2. The highest BCUT2D eigenvalue weighted by Gasteiger charge is 2.27. The highest BCUT2D eigenvalue weighted by Crippen LogP contribution is 2.24. The third-order valence-corrected chi connectivity index (χ3v) is 4.07. The summed E-state index contributed by atoms with van der Waals surface area (Å²) < 4.78 is 5.68. The molecule has 2 aromatic rings. The maximum atomic E-state index is 12.3. The first kappa shape index (κ1) is 14.0. The van der Waals surface area contributed by atoms with E-state index in [1.54, 1.807) is 28.5 Å². The van der Waals surface area contributed by atoms with Crippen molar-refractivity contribution in [3.8, 4) is 0 Å². The van der Waals surface area contributed by atoms with Gasteiger partial charge in [-0.2, -0.15) is 0 Å². The third-order valence-electron chi connectivity index (χ3n) is 3.20. The Morgan fingerprint density at radius 1 is 1.52 bits per heavy atom. The lowest BCUT2D eigenvalue weighted by Crippen LogP contribution is -2.44. The minimum Gasteiger partial charge on any atom is -0.367 e. The summed E-state index contributed by atoms with van der Waals surface area (Å²) in [7, 11) is 0. The van der Waals surface area contributed by atoms with Crippen molar-refractivity contribution in [3.63, 3.8) is 0 Å². The zero-order valence-corrected chi connectivity index (χ0v) is 12.5. The van der Waals surface area contributed by atoms with Crippen LogP contribution in [-0.2, 0) is 4.74 Å². The van der Waals surface area contributed by atoms with Crippen LogP contribution in [0.3, 0.4) is 0 Å². The summed E-state index contributed by atoms with van der Waals surface area (Å²) in [6.45, 7) is 3.48. The van der Waals surface area contributed by atoms with E-state index in [-0.39, 0.29) is 12.1 Å². The fourth-order valence-electron chi connectivity index (χ4n) is 2.18. The molecule has 3 heterocycles. The maximum Gasteiger partial charge on any atom is 0.323 e. The molecule has 0 radical (unpaired) electrons. The molecule has 0 spiro atoms. The first-order valence-corrected chi connectivity index (χ1v) is 7.61. The Bertz CT molecular complexity index is 617. The zero-order chi connectivity index (χ0) is 14.7. The number of urea groups is 1. The van der Waals surface area contributed by atoms with Crippen LogP contribution in [0, 0.1) is 6.92 Å². The minimum absolute atomic E-state index is 0.144. The minimum atomic E-state index is -0.155. The second-order valence-electron chi connectivity index (χ2n) is 4.77. The van der Waals surface area contributed by atoms with Gasteiger partial charge in [-0.25, -0.2) is 14.8 Å². The molecule has 110 valence electrons. The van der Waals surface area contributed by atoms with Crippen molar-refractivity contribution in [2.45, 2.75) is 13.0 Å². The van der Waals surface area contributed by atoms with Gasteiger partial charge in [-0.3, -0.25) is 5.32 Å². The Morgan fingerprint density at radius 3 is 3.19 bits per heavy atom. The normalized spacial score (nSPS) is 18.5. The number of hydrogen-bond acceptors (Lipinski definition) is 5. The quantitative estimate of drug-likeness (QED) is 0.925. The van der Waals surface area contributed by atoms with Gasteiger partial charge in [0, 0.05) is 23.8 Å². The first-order valence-electron chi connectivity index (χ1n) is 6.73. The number of nitrogens with zero attached hydrogens (tertiary/aromatic N) is 3. The van der Waals surface area contributed by atoms with E-state index in [9.17, 15) is 4.79 Å². The summed E-state index contributed by atoms with van der Waals surface area (Å²) in [5.74, 6) is 0.567. The standard InChI is InChI=1S/C14H16N4O2S/c1-10-3-2-4-12(16-10)17-14(19)18-6-7-20-11(9-18)13-15-5-8-21-13/h2-5,8,11H,6-7,9H2,1H3,(H,16,17,19)/t11-/m1/s1. The number of carbonyl (C=O) groups excluding carboxylic acids is 1. The molecule has 0 aromatic carbocycles. The van der Waals surface area contributed by atoms with Crippen molar-refractivity contribution in [2.24, 2.45) is 0 Å². The molecule has 2 amide bonds. The second kappa shape index (κ2) is 6.19. The van der Waals surface area contributed by atoms with Gasteiger partial charge in [0.2, 0.25) is 0 Å². The van der Waals surface area contributed by atoms with Gasteiger partial charge in [0.1, 0.15) is 16.9 Å². The first-order chi connectivity index (χ1) is 10.2. The van der Waals surface area contributed by atoms with Gasteiger partial charge in [0.25, 0.3) is 0 Å². The molecule has 1 fully saturated rings. The number of pyridine rings is 1. The second-order valence-corrected chi connectivity index (χ2v) is 5.70. The molecule has 1 atom stereocenters. The molecule has 0 bridgehead atoms. The van der Waals surface area contributed by atoms with Gasteiger partial charge in [0.15, 0.2) is 0 Å². The molecule has 21 heavy (non-hydrogen) atoms. The van der Waals surface area contributed by atoms with Gasteiger partial charge in [-0.1, -0.05) is 6.07 Å². The van der Waals surface area contributed by atoms with E-state index >= 15 is 0 Å². The van der Waals surface area contributed by atoms with Crippen molar-refractivity contribution in [1.82, 2.24) is 14.9 Å². The lowest BCUT2D eigenvalue weighted by atomic mass is 10.3. The highest BCUT2D eigenvalue weighted by atomic mass is 32.1. The molecule has 1 aliphatic heterocycles. The van der Waals surface area contributed by atoms with Crippen LogP contribution in [0.5, 0.6) is 0 Å². The molecular formula is C14H16N4O2S. The van der Waals surface area contributed by atoms with E-state index in [4.69, 9.17) is 4.74 Å². The smallest absolute Gasteiger partial charge is 0.323 e. The summed E-state index contributed by atoms with van der Waals surface area (Å²) in [6.07, 6.45) is 1.61. The Hall–Kier alpha value is -1.99. The summed E-state index contributed by atoms with van der Waals surface area (Å²) in [4.78, 5) is 22.6. The summed E-state index contributed by atoms with van der Waals surface area (Å²) in [5, 5.41) is 5.64. The fourth-order valence-corrected chi connectivity index (χ4v) is 2.86. The predicted molar refractivity (Wildman–Crippen MR) is 80.4 cm³/mol. The van der Waals surface area contributed by atoms with Gasteiger partial charge >= 0.3 is 6.03 Å². The molecule has 0 aliphatic carbocycles. The van der Waals surface area contributed by atoms with Crippen molar-refractivity contribution in [3.05, 3.63) is 40.5 Å². The number of aryl methyl sites for hydroxylation is 1. The van der Waals surface area contributed by atoms with Crippen LogP contribution in [0.25, 0.3) is 0 Å². The maximum absolute atomic E-state index is 12.3. The van der Waals surface area contributed by atoms with Crippen LogP contribution >= 0.6 is 11.3 Å². The van der Waals surface area contributed by atoms with Crippen LogP contribution in [0.4, 0.5) is 10.6 Å². The molecule has 1 N–H and O–H groups in total. The van der Waals surface area contributed by atoms with Crippen LogP contribution in [0.15, 0.2) is 29.8 Å². The Kier molecular flexibility index (Phi) is 4.12. The summed E-state index contributed by atoms with van der Waals surface area (Å²) in [6, 6.07) is 5.39. The van der Waals surface area contributed by atoms with Crippen molar-refractivity contribution in [1.29, 1.82) is 0 Å². The van der Waals surface area contributed by atoms with E-state index in [0.29, 0.717) is 25.5 Å². The zero-order valence-electron chi connectivity index (χ0n) is 11.7. The van der Waals surface area contributed by atoms with Crippen molar-refractivity contribution >= 4 is 23.2 Å². The lowest BCUT2D eigenvalue weighted by molar-refractivity contribution is -0.0136. The van der Waals surface area contributed by atoms with Crippen LogP contribution in [0.2, 0.25) is 0 Å². The molecule has 0 saturated carbocycles. The molecule has 1 saturated heterocycles. The van der Waals surface area contributed by atoms with Gasteiger partial charge < -0.3 is 9.64 Å². The number of rotatable bonds is 2. The summed E-state index contributed by atoms with van der Waals surface area (Å²) >= 11 is 1.54. The molecular weight excluding hydrogens is 288 g/mol. The number of ether oxygens (including phenoxy) is 1. The van der Waals surface area contributed by atoms with Crippen LogP contribution < -0.4 is 5.32 Å². The topological polar surface area (TPSA) is 67.4 Å². The Balaban J connectivity index is 1.64.